The van der Waals surface area contributed by atoms with Gasteiger partial charge >= 0.3 is 0 Å². The Balaban J connectivity index is 1.22. The summed E-state index contributed by atoms with van der Waals surface area (Å²) in [5.41, 5.74) is 19.8. The van der Waals surface area contributed by atoms with Crippen LogP contribution >= 0.6 is 0 Å². The van der Waals surface area contributed by atoms with E-state index in [0.717, 1.165) is 55.5 Å². The SMILES string of the molecule is Cc1cc(C)c(C(c2ccc(N(c3cc(-c4ccccc4)cc(-c4ccccc4)c3)c3nc(-c4ccccc4)nc(-c4ccc5ccccc5c4)n3)cc2)c2c(C)cc(C)cc2C)c(C)c1. The highest BCUT2D eigenvalue weighted by Crippen LogP contribution is 2.43. The summed E-state index contributed by atoms with van der Waals surface area (Å²) in [7, 11) is 0. The molecule has 0 radical (unpaired) electrons. The largest absolute Gasteiger partial charge is 0.279 e. The summed E-state index contributed by atoms with van der Waals surface area (Å²) < 4.78 is 0. The van der Waals surface area contributed by atoms with E-state index in [2.05, 4.69) is 228 Å². The van der Waals surface area contributed by atoms with Gasteiger partial charge in [-0.2, -0.15) is 9.97 Å². The summed E-state index contributed by atoms with van der Waals surface area (Å²) in [6, 6.07) is 71.5. The quantitative estimate of drug-likeness (QED) is 0.129. The van der Waals surface area contributed by atoms with Gasteiger partial charge in [-0.05, 0) is 150 Å². The summed E-state index contributed by atoms with van der Waals surface area (Å²) in [6.45, 7) is 13.4. The average Bonchev–Trinajstić information content (AvgIpc) is 3.34. The van der Waals surface area contributed by atoms with Crippen LogP contribution in [0, 0.1) is 41.5 Å². The van der Waals surface area contributed by atoms with Crippen LogP contribution in [0.1, 0.15) is 56.0 Å². The highest BCUT2D eigenvalue weighted by atomic mass is 15.3. The zero-order chi connectivity index (χ0) is 45.3. The number of benzene rings is 9. The van der Waals surface area contributed by atoms with Crippen molar-refractivity contribution in [3.05, 3.63) is 250 Å². The Bertz CT molecular complexity index is 3200. The second-order valence-corrected chi connectivity index (χ2v) is 17.7. The molecule has 0 N–H and O–H groups in total. The molecule has 4 heteroatoms. The van der Waals surface area contributed by atoms with Crippen LogP contribution in [0.2, 0.25) is 0 Å². The van der Waals surface area contributed by atoms with E-state index in [0.29, 0.717) is 17.6 Å². The highest BCUT2D eigenvalue weighted by molar-refractivity contribution is 5.88. The predicted molar refractivity (Wildman–Crippen MR) is 276 cm³/mol. The van der Waals surface area contributed by atoms with Gasteiger partial charge in [0.15, 0.2) is 11.6 Å². The number of aryl methyl sites for hydroxylation is 6. The number of nitrogens with zero attached hydrogens (tertiary/aromatic N) is 4. The Morgan fingerprint density at radius 3 is 1.30 bits per heavy atom. The third kappa shape index (κ3) is 8.42. The molecule has 10 rings (SSSR count). The Morgan fingerprint density at radius 1 is 0.333 bits per heavy atom. The minimum absolute atomic E-state index is 0.0288. The molecule has 320 valence electrons. The Morgan fingerprint density at radius 2 is 0.788 bits per heavy atom. The van der Waals surface area contributed by atoms with Crippen LogP contribution in [-0.2, 0) is 0 Å². The fourth-order valence-corrected chi connectivity index (χ4v) is 9.94. The van der Waals surface area contributed by atoms with Crippen molar-refractivity contribution in [2.24, 2.45) is 0 Å². The lowest BCUT2D eigenvalue weighted by Gasteiger charge is -2.28. The first-order chi connectivity index (χ1) is 32.2. The molecule has 66 heavy (non-hydrogen) atoms. The number of fused-ring (bicyclic) bond motifs is 1. The number of anilines is 3. The number of hydrogen-bond donors (Lipinski definition) is 0. The molecule has 1 heterocycles. The average molecular weight is 853 g/mol. The lowest BCUT2D eigenvalue weighted by molar-refractivity contribution is 0.919. The second-order valence-electron chi connectivity index (χ2n) is 17.7. The molecule has 0 saturated carbocycles. The molecule has 0 aliphatic heterocycles. The minimum Gasteiger partial charge on any atom is -0.279 e. The van der Waals surface area contributed by atoms with E-state index in [1.165, 1.54) is 50.1 Å². The first-order valence-electron chi connectivity index (χ1n) is 22.8. The predicted octanol–water partition coefficient (Wildman–Crippen LogP) is 16.2. The van der Waals surface area contributed by atoms with E-state index in [1.807, 2.05) is 18.2 Å². The van der Waals surface area contributed by atoms with E-state index in [-0.39, 0.29) is 5.92 Å². The highest BCUT2D eigenvalue weighted by Gasteiger charge is 2.26. The normalized spacial score (nSPS) is 11.3. The molecule has 0 bridgehead atoms. The molecule has 0 amide bonds. The first-order valence-corrected chi connectivity index (χ1v) is 22.8. The van der Waals surface area contributed by atoms with Gasteiger partial charge in [0.05, 0.1) is 5.69 Å². The number of rotatable bonds is 10. The maximum absolute atomic E-state index is 5.41. The molecule has 0 unspecified atom stereocenters. The smallest absolute Gasteiger partial charge is 0.238 e. The van der Waals surface area contributed by atoms with Crippen LogP contribution in [0.25, 0.3) is 55.8 Å². The van der Waals surface area contributed by atoms with Crippen molar-refractivity contribution in [1.82, 2.24) is 15.0 Å². The van der Waals surface area contributed by atoms with E-state index in [4.69, 9.17) is 15.0 Å². The van der Waals surface area contributed by atoms with E-state index in [1.54, 1.807) is 0 Å². The molecule has 0 atom stereocenters. The number of aromatic nitrogens is 3. The van der Waals surface area contributed by atoms with Gasteiger partial charge in [-0.25, -0.2) is 4.98 Å². The van der Waals surface area contributed by atoms with Crippen molar-refractivity contribution in [2.45, 2.75) is 47.5 Å². The molecular weight excluding hydrogens is 801 g/mol. The van der Waals surface area contributed by atoms with Crippen molar-refractivity contribution in [2.75, 3.05) is 4.90 Å². The first kappa shape index (κ1) is 42.0. The van der Waals surface area contributed by atoms with E-state index in [9.17, 15) is 0 Å². The Hall–Kier alpha value is -7.95. The molecule has 0 fully saturated rings. The molecule has 0 spiro atoms. The molecule has 4 nitrogen and oxygen atoms in total. The third-order valence-electron chi connectivity index (χ3n) is 12.8. The zero-order valence-electron chi connectivity index (χ0n) is 38.4. The molecule has 9 aromatic carbocycles. The van der Waals surface area contributed by atoms with Crippen molar-refractivity contribution in [3.63, 3.8) is 0 Å². The van der Waals surface area contributed by atoms with Gasteiger partial charge in [-0.3, -0.25) is 4.90 Å². The van der Waals surface area contributed by atoms with Gasteiger partial charge in [0, 0.05) is 22.7 Å². The van der Waals surface area contributed by atoms with E-state index < -0.39 is 0 Å². The van der Waals surface area contributed by atoms with Crippen LogP contribution in [0.5, 0.6) is 0 Å². The summed E-state index contributed by atoms with van der Waals surface area (Å²) in [4.78, 5) is 18.2. The standard InChI is InChI=1S/C62H52N4/c1-40-32-42(3)57(43(4)33-40)59(58-44(5)34-41(2)35-45(58)6)49-28-30-55(31-29-49)66(56-38-53(46-18-10-7-11-19-46)37-54(39-56)47-20-12-8-13-21-47)62-64-60(50-23-14-9-15-24-50)63-61(65-62)52-27-26-48-22-16-17-25-51(48)36-52/h7-39,59H,1-6H3. The van der Waals surface area contributed by atoms with Crippen molar-refractivity contribution in [3.8, 4) is 45.0 Å². The molecule has 1 aromatic heterocycles. The summed E-state index contributed by atoms with van der Waals surface area (Å²) >= 11 is 0. The molecule has 0 aliphatic carbocycles. The van der Waals surface area contributed by atoms with E-state index >= 15 is 0 Å². The van der Waals surface area contributed by atoms with Crippen LogP contribution in [0.15, 0.2) is 200 Å². The van der Waals surface area contributed by atoms with Crippen molar-refractivity contribution < 1.29 is 0 Å². The van der Waals surface area contributed by atoms with Crippen LogP contribution in [0.3, 0.4) is 0 Å². The van der Waals surface area contributed by atoms with Gasteiger partial charge < -0.3 is 0 Å². The molecule has 0 saturated heterocycles. The van der Waals surface area contributed by atoms with Gasteiger partial charge in [0.2, 0.25) is 5.95 Å². The summed E-state index contributed by atoms with van der Waals surface area (Å²) in [6.07, 6.45) is 0. The summed E-state index contributed by atoms with van der Waals surface area (Å²) in [5.74, 6) is 1.75. The Kier molecular flexibility index (Phi) is 11.4. The minimum atomic E-state index is 0.0288. The Labute approximate surface area is 389 Å². The molecule has 0 aliphatic rings. The fraction of sp³-hybridized carbons (Fsp3) is 0.113. The maximum Gasteiger partial charge on any atom is 0.238 e. The fourth-order valence-electron chi connectivity index (χ4n) is 9.94. The monoisotopic (exact) mass is 852 g/mol. The third-order valence-corrected chi connectivity index (χ3v) is 12.8. The second kappa shape index (κ2) is 17.9. The zero-order valence-corrected chi connectivity index (χ0v) is 38.4. The van der Waals surface area contributed by atoms with Gasteiger partial charge in [-0.15, -0.1) is 0 Å². The van der Waals surface area contributed by atoms with Crippen LogP contribution in [0.4, 0.5) is 17.3 Å². The molecular formula is C62H52N4. The van der Waals surface area contributed by atoms with Gasteiger partial charge in [0.25, 0.3) is 0 Å². The van der Waals surface area contributed by atoms with Crippen LogP contribution in [-0.4, -0.2) is 15.0 Å². The van der Waals surface area contributed by atoms with Crippen molar-refractivity contribution in [1.29, 1.82) is 0 Å². The number of hydrogen-bond acceptors (Lipinski definition) is 4. The molecule has 10 aromatic rings. The van der Waals surface area contributed by atoms with Crippen LogP contribution < -0.4 is 4.90 Å². The van der Waals surface area contributed by atoms with Gasteiger partial charge in [0.1, 0.15) is 0 Å². The van der Waals surface area contributed by atoms with Gasteiger partial charge in [-0.1, -0.05) is 175 Å². The maximum atomic E-state index is 5.41. The topological polar surface area (TPSA) is 41.9 Å². The summed E-state index contributed by atoms with van der Waals surface area (Å²) in [5, 5.41) is 2.29. The lowest BCUT2D eigenvalue weighted by Crippen LogP contribution is -2.16. The lowest BCUT2D eigenvalue weighted by atomic mass is 9.77. The van der Waals surface area contributed by atoms with Crippen molar-refractivity contribution >= 4 is 28.1 Å².